The van der Waals surface area contributed by atoms with Crippen molar-refractivity contribution in [2.45, 2.75) is 38.5 Å². The first kappa shape index (κ1) is 26.2. The number of hydrogen-bond donors (Lipinski definition) is 3. The van der Waals surface area contributed by atoms with Crippen molar-refractivity contribution in [3.8, 4) is 11.3 Å². The van der Waals surface area contributed by atoms with Crippen LogP contribution in [-0.2, 0) is 25.5 Å². The molecule has 0 aliphatic carbocycles. The second kappa shape index (κ2) is 11.5. The Morgan fingerprint density at radius 2 is 1.92 bits per heavy atom. The van der Waals surface area contributed by atoms with Gasteiger partial charge in [0.15, 0.2) is 5.79 Å². The molecule has 1 spiro atoms. The number of carbonyl (C=O) groups is 2. The lowest BCUT2D eigenvalue weighted by atomic mass is 10.1. The van der Waals surface area contributed by atoms with Crippen LogP contribution in [0.5, 0.6) is 0 Å². The normalized spacial score (nSPS) is 19.3. The molecule has 3 heterocycles. The number of carbonyl (C=O) groups excluding carboxylic acids is 2. The molecule has 1 aromatic heterocycles. The molecule has 1 unspecified atom stereocenters. The molecule has 0 bridgehead atoms. The SMILES string of the molecule is C/C=C(\C=C(/C)CNC(=O)C1CC2(CN1C(=O)Cc1cccc(-c3ccccc3)n1)OCCO2)C(=N)N. The summed E-state index contributed by atoms with van der Waals surface area (Å²) in [4.78, 5) is 32.9. The van der Waals surface area contributed by atoms with Crippen molar-refractivity contribution in [3.05, 3.63) is 77.5 Å². The van der Waals surface area contributed by atoms with E-state index in [2.05, 4.69) is 10.3 Å². The van der Waals surface area contributed by atoms with Gasteiger partial charge in [-0.25, -0.2) is 0 Å². The molecule has 2 aliphatic heterocycles. The highest BCUT2D eigenvalue weighted by molar-refractivity contribution is 5.97. The largest absolute Gasteiger partial charge is 0.384 e. The zero-order chi connectivity index (χ0) is 26.4. The third-order valence-electron chi connectivity index (χ3n) is 6.50. The second-order valence-corrected chi connectivity index (χ2v) is 9.27. The van der Waals surface area contributed by atoms with Gasteiger partial charge in [-0.05, 0) is 26.0 Å². The molecule has 9 heteroatoms. The number of pyridine rings is 1. The molecule has 9 nitrogen and oxygen atoms in total. The number of likely N-dealkylation sites (tertiary alicyclic amines) is 1. The van der Waals surface area contributed by atoms with Crippen LogP contribution in [-0.4, -0.2) is 65.7 Å². The number of nitrogens with two attached hydrogens (primary N) is 1. The molecule has 37 heavy (non-hydrogen) atoms. The minimum Gasteiger partial charge on any atom is -0.384 e. The van der Waals surface area contributed by atoms with E-state index < -0.39 is 11.8 Å². The standard InChI is InChI=1S/C28H33N5O4/c1-3-20(26(29)30)14-19(2)17-31-27(35)24-16-28(36-12-13-37-28)18-33(24)25(34)15-22-10-7-11-23(32-22)21-8-5-4-6-9-21/h3-11,14,24H,12-13,15-18H2,1-2H3,(H3,29,30)(H,31,35)/b19-14+,20-3+. The van der Waals surface area contributed by atoms with Crippen LogP contribution in [0.4, 0.5) is 0 Å². The van der Waals surface area contributed by atoms with E-state index in [4.69, 9.17) is 20.6 Å². The fraction of sp³-hybridized carbons (Fsp3) is 0.357. The monoisotopic (exact) mass is 503 g/mol. The maximum Gasteiger partial charge on any atom is 0.243 e. The molecule has 2 saturated heterocycles. The van der Waals surface area contributed by atoms with E-state index in [9.17, 15) is 9.59 Å². The number of hydrogen-bond acceptors (Lipinski definition) is 6. The van der Waals surface area contributed by atoms with Crippen LogP contribution in [0.3, 0.4) is 0 Å². The molecule has 2 aromatic rings. The van der Waals surface area contributed by atoms with Crippen LogP contribution in [0, 0.1) is 5.41 Å². The Bertz CT molecular complexity index is 1220. The van der Waals surface area contributed by atoms with Crippen molar-refractivity contribution in [1.82, 2.24) is 15.2 Å². The van der Waals surface area contributed by atoms with Gasteiger partial charge in [0.05, 0.1) is 37.6 Å². The molecule has 0 saturated carbocycles. The summed E-state index contributed by atoms with van der Waals surface area (Å²) >= 11 is 0. The molecule has 194 valence electrons. The summed E-state index contributed by atoms with van der Waals surface area (Å²) in [6.07, 6.45) is 3.82. The maximum atomic E-state index is 13.5. The van der Waals surface area contributed by atoms with E-state index in [-0.39, 0.29) is 43.6 Å². The number of aromatic nitrogens is 1. The average molecular weight is 504 g/mol. The minimum atomic E-state index is -0.964. The summed E-state index contributed by atoms with van der Waals surface area (Å²) in [5.74, 6) is -1.50. The molecule has 2 aliphatic rings. The van der Waals surface area contributed by atoms with Gasteiger partial charge in [0, 0.05) is 24.1 Å². The maximum absolute atomic E-state index is 13.5. The Balaban J connectivity index is 1.47. The van der Waals surface area contributed by atoms with Crippen molar-refractivity contribution in [2.24, 2.45) is 5.73 Å². The fourth-order valence-corrected chi connectivity index (χ4v) is 4.62. The first-order valence-corrected chi connectivity index (χ1v) is 12.3. The number of rotatable bonds is 8. The van der Waals surface area contributed by atoms with Gasteiger partial charge in [-0.1, -0.05) is 54.1 Å². The number of ether oxygens (including phenoxy) is 2. The van der Waals surface area contributed by atoms with Gasteiger partial charge in [-0.3, -0.25) is 20.0 Å². The summed E-state index contributed by atoms with van der Waals surface area (Å²) < 4.78 is 11.7. The number of allylic oxidation sites excluding steroid dienone is 1. The van der Waals surface area contributed by atoms with Crippen LogP contribution >= 0.6 is 0 Å². The van der Waals surface area contributed by atoms with Gasteiger partial charge in [0.2, 0.25) is 11.8 Å². The smallest absolute Gasteiger partial charge is 0.243 e. The Hall–Kier alpha value is -3.82. The summed E-state index contributed by atoms with van der Waals surface area (Å²) in [6, 6.07) is 14.6. The van der Waals surface area contributed by atoms with Crippen LogP contribution in [0.2, 0.25) is 0 Å². The molecular formula is C28H33N5O4. The number of amides is 2. The number of amidine groups is 1. The van der Waals surface area contributed by atoms with Gasteiger partial charge < -0.3 is 25.4 Å². The second-order valence-electron chi connectivity index (χ2n) is 9.27. The highest BCUT2D eigenvalue weighted by atomic mass is 16.7. The minimum absolute atomic E-state index is 0.0387. The zero-order valence-electron chi connectivity index (χ0n) is 21.2. The fourth-order valence-electron chi connectivity index (χ4n) is 4.62. The van der Waals surface area contributed by atoms with Gasteiger partial charge in [-0.15, -0.1) is 0 Å². The van der Waals surface area contributed by atoms with Crippen LogP contribution < -0.4 is 11.1 Å². The predicted molar refractivity (Wildman–Crippen MR) is 141 cm³/mol. The van der Waals surface area contributed by atoms with Crippen molar-refractivity contribution in [3.63, 3.8) is 0 Å². The molecular weight excluding hydrogens is 470 g/mol. The summed E-state index contributed by atoms with van der Waals surface area (Å²) in [5, 5.41) is 10.5. The van der Waals surface area contributed by atoms with Crippen LogP contribution in [0.1, 0.15) is 26.0 Å². The van der Waals surface area contributed by atoms with Gasteiger partial charge >= 0.3 is 0 Å². The first-order valence-electron chi connectivity index (χ1n) is 12.3. The Morgan fingerprint density at radius 1 is 1.19 bits per heavy atom. The van der Waals surface area contributed by atoms with Crippen LogP contribution in [0.25, 0.3) is 11.3 Å². The molecule has 1 aromatic carbocycles. The van der Waals surface area contributed by atoms with Crippen molar-refractivity contribution >= 4 is 17.6 Å². The average Bonchev–Trinajstić information content (AvgIpc) is 3.53. The van der Waals surface area contributed by atoms with E-state index in [1.54, 1.807) is 24.0 Å². The Morgan fingerprint density at radius 3 is 2.59 bits per heavy atom. The molecule has 0 radical (unpaired) electrons. The van der Waals surface area contributed by atoms with Gasteiger partial charge in [-0.2, -0.15) is 0 Å². The Kier molecular flexibility index (Phi) is 8.15. The summed E-state index contributed by atoms with van der Waals surface area (Å²) in [7, 11) is 0. The van der Waals surface area contributed by atoms with Crippen LogP contribution in [0.15, 0.2) is 71.8 Å². The van der Waals surface area contributed by atoms with Crippen molar-refractivity contribution in [2.75, 3.05) is 26.3 Å². The molecule has 2 amide bonds. The number of nitrogens with zero attached hydrogens (tertiary/aromatic N) is 2. The lowest BCUT2D eigenvalue weighted by molar-refractivity contribution is -0.152. The van der Waals surface area contributed by atoms with Crippen molar-refractivity contribution < 1.29 is 19.1 Å². The zero-order valence-corrected chi connectivity index (χ0v) is 21.2. The molecule has 4 rings (SSSR count). The highest BCUT2D eigenvalue weighted by Gasteiger charge is 2.52. The number of benzene rings is 1. The van der Waals surface area contributed by atoms with E-state index in [1.165, 1.54) is 0 Å². The van der Waals surface area contributed by atoms with E-state index in [0.717, 1.165) is 16.8 Å². The lowest BCUT2D eigenvalue weighted by Crippen LogP contribution is -2.47. The van der Waals surface area contributed by atoms with E-state index in [0.29, 0.717) is 24.5 Å². The summed E-state index contributed by atoms with van der Waals surface area (Å²) in [5.41, 5.74) is 9.38. The predicted octanol–water partition coefficient (Wildman–Crippen LogP) is 2.58. The highest BCUT2D eigenvalue weighted by Crippen LogP contribution is 2.35. The third-order valence-corrected chi connectivity index (χ3v) is 6.50. The molecule has 4 N–H and O–H groups in total. The first-order chi connectivity index (χ1) is 17.8. The number of nitrogens with one attached hydrogen (secondary N) is 2. The topological polar surface area (TPSA) is 131 Å². The van der Waals surface area contributed by atoms with Crippen molar-refractivity contribution in [1.29, 1.82) is 5.41 Å². The van der Waals surface area contributed by atoms with Gasteiger partial charge in [0.1, 0.15) is 11.9 Å². The third kappa shape index (κ3) is 6.31. The van der Waals surface area contributed by atoms with Gasteiger partial charge in [0.25, 0.3) is 0 Å². The van der Waals surface area contributed by atoms with E-state index >= 15 is 0 Å². The molecule has 2 fully saturated rings. The van der Waals surface area contributed by atoms with E-state index in [1.807, 2.05) is 55.5 Å². The summed E-state index contributed by atoms with van der Waals surface area (Å²) in [6.45, 7) is 4.95. The lowest BCUT2D eigenvalue weighted by Gasteiger charge is -2.24. The molecule has 1 atom stereocenters. The Labute approximate surface area is 216 Å². The quantitative estimate of drug-likeness (QED) is 0.288.